The minimum absolute atomic E-state index is 0.0667. The van der Waals surface area contributed by atoms with Crippen molar-refractivity contribution in [3.63, 3.8) is 0 Å². The van der Waals surface area contributed by atoms with Crippen LogP contribution in [-0.2, 0) is 4.79 Å². The first-order chi connectivity index (χ1) is 9.15. The van der Waals surface area contributed by atoms with E-state index in [1.807, 2.05) is 37.3 Å². The molecule has 0 spiro atoms. The Morgan fingerprint density at radius 1 is 1.11 bits per heavy atom. The van der Waals surface area contributed by atoms with Crippen LogP contribution < -0.4 is 5.32 Å². The van der Waals surface area contributed by atoms with E-state index in [4.69, 9.17) is 0 Å². The molecule has 2 aromatic carbocycles. The van der Waals surface area contributed by atoms with Gasteiger partial charge in [0.2, 0.25) is 5.91 Å². The summed E-state index contributed by atoms with van der Waals surface area (Å²) in [6.07, 6.45) is 0.404. The van der Waals surface area contributed by atoms with Gasteiger partial charge in [-0.15, -0.1) is 0 Å². The van der Waals surface area contributed by atoms with Crippen molar-refractivity contribution in [2.24, 2.45) is 0 Å². The van der Waals surface area contributed by atoms with E-state index in [-0.39, 0.29) is 17.6 Å². The van der Waals surface area contributed by atoms with E-state index in [9.17, 15) is 9.18 Å². The molecule has 1 atom stereocenters. The zero-order valence-electron chi connectivity index (χ0n) is 10.8. The summed E-state index contributed by atoms with van der Waals surface area (Å²) >= 11 is 0. The Kier molecular flexibility index (Phi) is 4.29. The third-order valence-electron chi connectivity index (χ3n) is 2.99. The molecule has 0 aromatic heterocycles. The lowest BCUT2D eigenvalue weighted by molar-refractivity contribution is -0.116. The summed E-state index contributed by atoms with van der Waals surface area (Å²) in [7, 11) is 0. The summed E-state index contributed by atoms with van der Waals surface area (Å²) in [6, 6.07) is 15.7. The minimum atomic E-state index is -0.310. The van der Waals surface area contributed by atoms with Crippen molar-refractivity contribution in [2.45, 2.75) is 19.3 Å². The number of carbonyl (C=O) groups excluding carboxylic acids is 1. The molecule has 0 saturated carbocycles. The van der Waals surface area contributed by atoms with Gasteiger partial charge in [-0.1, -0.05) is 37.3 Å². The van der Waals surface area contributed by atoms with E-state index in [1.165, 1.54) is 12.1 Å². The first kappa shape index (κ1) is 13.3. The highest BCUT2D eigenvalue weighted by Gasteiger charge is 2.11. The Labute approximate surface area is 112 Å². The molecule has 2 rings (SSSR count). The van der Waals surface area contributed by atoms with E-state index >= 15 is 0 Å². The molecule has 0 aliphatic carbocycles. The number of hydrogen-bond acceptors (Lipinski definition) is 1. The second kappa shape index (κ2) is 6.14. The van der Waals surface area contributed by atoms with Gasteiger partial charge in [-0.3, -0.25) is 4.79 Å². The van der Waals surface area contributed by atoms with Crippen molar-refractivity contribution >= 4 is 11.6 Å². The maximum atomic E-state index is 12.7. The lowest BCUT2D eigenvalue weighted by Gasteiger charge is -2.12. The van der Waals surface area contributed by atoms with Gasteiger partial charge in [0.1, 0.15) is 5.82 Å². The molecule has 0 radical (unpaired) electrons. The highest BCUT2D eigenvalue weighted by Crippen LogP contribution is 2.19. The van der Waals surface area contributed by atoms with Crippen LogP contribution in [0.5, 0.6) is 0 Å². The van der Waals surface area contributed by atoms with Gasteiger partial charge in [0.05, 0.1) is 0 Å². The zero-order valence-corrected chi connectivity index (χ0v) is 10.8. The Morgan fingerprint density at radius 2 is 1.74 bits per heavy atom. The van der Waals surface area contributed by atoms with Crippen LogP contribution >= 0.6 is 0 Å². The number of rotatable bonds is 4. The molecule has 98 valence electrons. The number of anilines is 1. The summed E-state index contributed by atoms with van der Waals surface area (Å²) in [4.78, 5) is 11.9. The molecule has 1 amide bonds. The maximum absolute atomic E-state index is 12.7. The number of benzene rings is 2. The van der Waals surface area contributed by atoms with Crippen LogP contribution in [0.25, 0.3) is 0 Å². The van der Waals surface area contributed by atoms with Crippen LogP contribution in [0, 0.1) is 5.82 Å². The zero-order chi connectivity index (χ0) is 13.7. The van der Waals surface area contributed by atoms with Crippen molar-refractivity contribution in [1.82, 2.24) is 0 Å². The van der Waals surface area contributed by atoms with Gasteiger partial charge < -0.3 is 5.32 Å². The molecular formula is C16H16FNO. The summed E-state index contributed by atoms with van der Waals surface area (Å²) < 4.78 is 12.7. The van der Waals surface area contributed by atoms with Crippen LogP contribution in [0.15, 0.2) is 54.6 Å². The molecule has 0 saturated heterocycles. The van der Waals surface area contributed by atoms with Gasteiger partial charge in [-0.25, -0.2) is 4.39 Å². The average molecular weight is 257 g/mol. The fraction of sp³-hybridized carbons (Fsp3) is 0.188. The molecule has 1 N–H and O–H groups in total. The molecule has 0 bridgehead atoms. The summed E-state index contributed by atoms with van der Waals surface area (Å²) in [5, 5.41) is 2.76. The molecule has 0 fully saturated rings. The number of halogens is 1. The third-order valence-corrected chi connectivity index (χ3v) is 2.99. The van der Waals surface area contributed by atoms with Crippen LogP contribution in [0.1, 0.15) is 24.8 Å². The van der Waals surface area contributed by atoms with E-state index in [0.29, 0.717) is 12.1 Å². The largest absolute Gasteiger partial charge is 0.326 e. The average Bonchev–Trinajstić information content (AvgIpc) is 2.42. The van der Waals surface area contributed by atoms with Crippen LogP contribution in [0.4, 0.5) is 10.1 Å². The van der Waals surface area contributed by atoms with Gasteiger partial charge in [0.15, 0.2) is 0 Å². The smallest absolute Gasteiger partial charge is 0.224 e. The normalized spacial score (nSPS) is 11.9. The number of carbonyl (C=O) groups is 1. The summed E-state index contributed by atoms with van der Waals surface area (Å²) in [6.45, 7) is 2.01. The van der Waals surface area contributed by atoms with Crippen molar-refractivity contribution in [3.05, 3.63) is 66.0 Å². The van der Waals surface area contributed by atoms with Gasteiger partial charge in [0.25, 0.3) is 0 Å². The Balaban J connectivity index is 1.93. The Hall–Kier alpha value is -2.16. The quantitative estimate of drug-likeness (QED) is 0.882. The van der Waals surface area contributed by atoms with E-state index in [0.717, 1.165) is 5.56 Å². The first-order valence-corrected chi connectivity index (χ1v) is 6.25. The van der Waals surface area contributed by atoms with Crippen molar-refractivity contribution in [1.29, 1.82) is 0 Å². The number of amides is 1. The molecule has 2 aromatic rings. The lowest BCUT2D eigenvalue weighted by Crippen LogP contribution is -2.14. The standard InChI is InChI=1S/C16H16FNO/c1-12(13-5-3-2-4-6-13)11-16(19)18-15-9-7-14(17)8-10-15/h2-10,12H,11H2,1H3,(H,18,19). The fourth-order valence-corrected chi connectivity index (χ4v) is 1.92. The van der Waals surface area contributed by atoms with Gasteiger partial charge >= 0.3 is 0 Å². The predicted octanol–water partition coefficient (Wildman–Crippen LogP) is 3.96. The Bertz CT molecular complexity index is 536. The molecular weight excluding hydrogens is 241 g/mol. The van der Waals surface area contributed by atoms with Gasteiger partial charge in [-0.05, 0) is 35.7 Å². The lowest BCUT2D eigenvalue weighted by atomic mass is 9.97. The van der Waals surface area contributed by atoms with E-state index in [2.05, 4.69) is 5.32 Å². The monoisotopic (exact) mass is 257 g/mol. The van der Waals surface area contributed by atoms with Gasteiger partial charge in [-0.2, -0.15) is 0 Å². The van der Waals surface area contributed by atoms with Crippen LogP contribution in [0.2, 0.25) is 0 Å². The number of nitrogens with one attached hydrogen (secondary N) is 1. The molecule has 3 heteroatoms. The van der Waals surface area contributed by atoms with Crippen molar-refractivity contribution in [2.75, 3.05) is 5.32 Å². The van der Waals surface area contributed by atoms with E-state index < -0.39 is 0 Å². The summed E-state index contributed by atoms with van der Waals surface area (Å²) in [5.74, 6) is -0.222. The van der Waals surface area contributed by atoms with Crippen molar-refractivity contribution in [3.8, 4) is 0 Å². The fourth-order valence-electron chi connectivity index (χ4n) is 1.92. The molecule has 0 aliphatic heterocycles. The number of hydrogen-bond donors (Lipinski definition) is 1. The van der Waals surface area contributed by atoms with E-state index in [1.54, 1.807) is 12.1 Å². The first-order valence-electron chi connectivity index (χ1n) is 6.25. The second-order valence-corrected chi connectivity index (χ2v) is 4.57. The highest BCUT2D eigenvalue weighted by atomic mass is 19.1. The summed E-state index contributed by atoms with van der Waals surface area (Å²) in [5.41, 5.74) is 1.75. The highest BCUT2D eigenvalue weighted by molar-refractivity contribution is 5.91. The van der Waals surface area contributed by atoms with Crippen LogP contribution in [-0.4, -0.2) is 5.91 Å². The predicted molar refractivity (Wildman–Crippen MR) is 74.5 cm³/mol. The molecule has 0 aliphatic rings. The second-order valence-electron chi connectivity index (χ2n) is 4.57. The maximum Gasteiger partial charge on any atom is 0.224 e. The minimum Gasteiger partial charge on any atom is -0.326 e. The Morgan fingerprint density at radius 3 is 2.37 bits per heavy atom. The third kappa shape index (κ3) is 3.91. The topological polar surface area (TPSA) is 29.1 Å². The molecule has 1 unspecified atom stereocenters. The molecule has 2 nitrogen and oxygen atoms in total. The SMILES string of the molecule is CC(CC(=O)Nc1ccc(F)cc1)c1ccccc1. The molecule has 19 heavy (non-hydrogen) atoms. The van der Waals surface area contributed by atoms with Crippen LogP contribution in [0.3, 0.4) is 0 Å². The van der Waals surface area contributed by atoms with Gasteiger partial charge in [0, 0.05) is 12.1 Å². The molecule has 0 heterocycles. The van der Waals surface area contributed by atoms with Crippen molar-refractivity contribution < 1.29 is 9.18 Å².